The predicted molar refractivity (Wildman–Crippen MR) is 59.2 cm³/mol. The van der Waals surface area contributed by atoms with Crippen LogP contribution in [0.4, 0.5) is 0 Å². The lowest BCUT2D eigenvalue weighted by Crippen LogP contribution is -1.99. The van der Waals surface area contributed by atoms with Gasteiger partial charge in [-0.15, -0.1) is 6.58 Å². The monoisotopic (exact) mass is 208 g/mol. The molecule has 1 rings (SSSR count). The zero-order valence-electron chi connectivity index (χ0n) is 8.90. The Labute approximate surface area is 90.0 Å². The number of benzene rings is 1. The molecule has 0 unspecified atom stereocenters. The van der Waals surface area contributed by atoms with E-state index >= 15 is 0 Å². The first kappa shape index (κ1) is 11.6. The van der Waals surface area contributed by atoms with Gasteiger partial charge in [0.25, 0.3) is 0 Å². The van der Waals surface area contributed by atoms with Crippen molar-refractivity contribution in [1.82, 2.24) is 0 Å². The molecule has 0 saturated heterocycles. The molecule has 0 aliphatic carbocycles. The molecular formula is C12H16O3. The Bertz CT molecular complexity index is 321. The van der Waals surface area contributed by atoms with Crippen LogP contribution in [-0.4, -0.2) is 18.8 Å². The molecule has 0 aliphatic heterocycles. The van der Waals surface area contributed by atoms with E-state index < -0.39 is 0 Å². The van der Waals surface area contributed by atoms with Gasteiger partial charge in [-0.2, -0.15) is 0 Å². The Morgan fingerprint density at radius 2 is 2.27 bits per heavy atom. The number of methoxy groups -OCH3 is 1. The van der Waals surface area contributed by atoms with Crippen LogP contribution in [-0.2, 0) is 6.61 Å². The van der Waals surface area contributed by atoms with Gasteiger partial charge < -0.3 is 14.6 Å². The minimum atomic E-state index is -0.0549. The summed E-state index contributed by atoms with van der Waals surface area (Å²) in [4.78, 5) is 0. The molecule has 82 valence electrons. The molecule has 0 spiro atoms. The molecule has 0 bridgehead atoms. The van der Waals surface area contributed by atoms with Crippen molar-refractivity contribution in [3.8, 4) is 11.5 Å². The van der Waals surface area contributed by atoms with E-state index in [4.69, 9.17) is 14.6 Å². The second-order valence-electron chi connectivity index (χ2n) is 3.06. The highest BCUT2D eigenvalue weighted by atomic mass is 16.5. The summed E-state index contributed by atoms with van der Waals surface area (Å²) in [6.07, 6.45) is 2.58. The largest absolute Gasteiger partial charge is 0.497 e. The summed E-state index contributed by atoms with van der Waals surface area (Å²) in [5.41, 5.74) is 0.735. The van der Waals surface area contributed by atoms with E-state index in [-0.39, 0.29) is 6.61 Å². The third-order valence-corrected chi connectivity index (χ3v) is 2.02. The number of hydrogen-bond acceptors (Lipinski definition) is 3. The lowest BCUT2D eigenvalue weighted by molar-refractivity contribution is 0.263. The first-order valence-corrected chi connectivity index (χ1v) is 4.83. The van der Waals surface area contributed by atoms with Crippen LogP contribution in [0, 0.1) is 0 Å². The Balaban J connectivity index is 2.73. The van der Waals surface area contributed by atoms with Crippen molar-refractivity contribution in [1.29, 1.82) is 0 Å². The van der Waals surface area contributed by atoms with Gasteiger partial charge in [-0.3, -0.25) is 0 Å². The fraction of sp³-hybridized carbons (Fsp3) is 0.333. The zero-order chi connectivity index (χ0) is 11.1. The highest BCUT2D eigenvalue weighted by Gasteiger charge is 2.04. The Hall–Kier alpha value is -1.48. The van der Waals surface area contributed by atoms with Crippen molar-refractivity contribution >= 4 is 0 Å². The first-order valence-electron chi connectivity index (χ1n) is 4.83. The van der Waals surface area contributed by atoms with Crippen LogP contribution in [0.25, 0.3) is 0 Å². The molecular weight excluding hydrogens is 192 g/mol. The fourth-order valence-electron chi connectivity index (χ4n) is 1.20. The molecule has 0 atom stereocenters. The van der Waals surface area contributed by atoms with Crippen LogP contribution in [0.15, 0.2) is 30.9 Å². The normalized spacial score (nSPS) is 9.73. The smallest absolute Gasteiger partial charge is 0.125 e. The van der Waals surface area contributed by atoms with Gasteiger partial charge in [0.2, 0.25) is 0 Å². The predicted octanol–water partition coefficient (Wildman–Crippen LogP) is 2.14. The number of ether oxygens (including phenoxy) is 2. The molecule has 0 radical (unpaired) electrons. The molecule has 0 saturated carbocycles. The molecule has 15 heavy (non-hydrogen) atoms. The number of rotatable bonds is 6. The number of aliphatic hydroxyl groups is 1. The van der Waals surface area contributed by atoms with Gasteiger partial charge in [-0.05, 0) is 24.6 Å². The summed E-state index contributed by atoms with van der Waals surface area (Å²) in [5, 5.41) is 9.14. The SMILES string of the molecule is C=CCCOc1ccc(OC)cc1CO. The summed E-state index contributed by atoms with van der Waals surface area (Å²) in [5.74, 6) is 1.41. The van der Waals surface area contributed by atoms with Crippen LogP contribution in [0.1, 0.15) is 12.0 Å². The molecule has 3 nitrogen and oxygen atoms in total. The maximum Gasteiger partial charge on any atom is 0.125 e. The van der Waals surface area contributed by atoms with Crippen molar-refractivity contribution in [2.75, 3.05) is 13.7 Å². The topological polar surface area (TPSA) is 38.7 Å². The molecule has 0 fully saturated rings. The third kappa shape index (κ3) is 3.29. The van der Waals surface area contributed by atoms with Gasteiger partial charge >= 0.3 is 0 Å². The van der Waals surface area contributed by atoms with Gasteiger partial charge in [0.1, 0.15) is 11.5 Å². The summed E-state index contributed by atoms with van der Waals surface area (Å²) >= 11 is 0. The average Bonchev–Trinajstić information content (AvgIpc) is 2.29. The van der Waals surface area contributed by atoms with E-state index in [1.165, 1.54) is 0 Å². The van der Waals surface area contributed by atoms with Gasteiger partial charge in [0, 0.05) is 5.56 Å². The van der Waals surface area contributed by atoms with Crippen LogP contribution in [0.3, 0.4) is 0 Å². The zero-order valence-corrected chi connectivity index (χ0v) is 8.90. The van der Waals surface area contributed by atoms with Gasteiger partial charge in [0.05, 0.1) is 20.3 Å². The standard InChI is InChI=1S/C12H16O3/c1-3-4-7-15-12-6-5-11(14-2)8-10(12)9-13/h3,5-6,8,13H,1,4,7,9H2,2H3. The second-order valence-corrected chi connectivity index (χ2v) is 3.06. The summed E-state index contributed by atoms with van der Waals surface area (Å²) in [6.45, 7) is 4.13. The number of hydrogen-bond donors (Lipinski definition) is 1. The lowest BCUT2D eigenvalue weighted by Gasteiger charge is -2.10. The van der Waals surface area contributed by atoms with E-state index in [1.54, 1.807) is 25.3 Å². The van der Waals surface area contributed by atoms with Crippen LogP contribution in [0.5, 0.6) is 11.5 Å². The first-order chi connectivity index (χ1) is 7.31. The highest BCUT2D eigenvalue weighted by Crippen LogP contribution is 2.24. The van der Waals surface area contributed by atoms with Crippen LogP contribution >= 0.6 is 0 Å². The third-order valence-electron chi connectivity index (χ3n) is 2.02. The van der Waals surface area contributed by atoms with Gasteiger partial charge in [-0.1, -0.05) is 6.08 Å². The average molecular weight is 208 g/mol. The fourth-order valence-corrected chi connectivity index (χ4v) is 1.20. The summed E-state index contributed by atoms with van der Waals surface area (Å²) < 4.78 is 10.5. The maximum atomic E-state index is 9.14. The minimum Gasteiger partial charge on any atom is -0.497 e. The molecule has 0 aliphatic rings. The molecule has 1 aromatic rings. The van der Waals surface area contributed by atoms with Crippen molar-refractivity contribution in [3.63, 3.8) is 0 Å². The molecule has 1 aromatic carbocycles. The molecule has 0 aromatic heterocycles. The Kier molecular flexibility index (Phi) is 4.71. The molecule has 0 heterocycles. The van der Waals surface area contributed by atoms with E-state index in [9.17, 15) is 0 Å². The summed E-state index contributed by atoms with van der Waals surface area (Å²) in [7, 11) is 1.59. The minimum absolute atomic E-state index is 0.0549. The molecule has 3 heteroatoms. The van der Waals surface area contributed by atoms with E-state index in [1.807, 2.05) is 6.07 Å². The maximum absolute atomic E-state index is 9.14. The van der Waals surface area contributed by atoms with E-state index in [2.05, 4.69) is 6.58 Å². The van der Waals surface area contributed by atoms with Crippen molar-refractivity contribution in [2.24, 2.45) is 0 Å². The molecule has 0 amide bonds. The second kappa shape index (κ2) is 6.09. The quantitative estimate of drug-likeness (QED) is 0.575. The summed E-state index contributed by atoms with van der Waals surface area (Å²) in [6, 6.07) is 5.37. The van der Waals surface area contributed by atoms with Crippen LogP contribution in [0.2, 0.25) is 0 Å². The molecule has 1 N–H and O–H groups in total. The highest BCUT2D eigenvalue weighted by molar-refractivity contribution is 5.39. The Morgan fingerprint density at radius 1 is 1.47 bits per heavy atom. The number of aliphatic hydroxyl groups excluding tert-OH is 1. The van der Waals surface area contributed by atoms with E-state index in [0.29, 0.717) is 12.4 Å². The van der Waals surface area contributed by atoms with Gasteiger partial charge in [0.15, 0.2) is 0 Å². The van der Waals surface area contributed by atoms with Crippen molar-refractivity contribution in [3.05, 3.63) is 36.4 Å². The van der Waals surface area contributed by atoms with Crippen molar-refractivity contribution < 1.29 is 14.6 Å². The van der Waals surface area contributed by atoms with E-state index in [0.717, 1.165) is 17.7 Å². The van der Waals surface area contributed by atoms with Crippen LogP contribution < -0.4 is 9.47 Å². The van der Waals surface area contributed by atoms with Gasteiger partial charge in [-0.25, -0.2) is 0 Å². The van der Waals surface area contributed by atoms with Crippen molar-refractivity contribution in [2.45, 2.75) is 13.0 Å². The Morgan fingerprint density at radius 3 is 2.87 bits per heavy atom. The lowest BCUT2D eigenvalue weighted by atomic mass is 10.2.